The monoisotopic (exact) mass is 156 g/mol. The highest BCUT2D eigenvalue weighted by molar-refractivity contribution is 4.89. The first-order chi connectivity index (χ1) is 4.54. The zero-order chi connectivity index (χ0) is 8.57. The first kappa shape index (κ1) is 16.8. The number of hydrogen-bond acceptors (Lipinski definition) is 0. The normalized spacial score (nSPS) is 6.36. The maximum Gasteiger partial charge on any atom is -0.0442 e. The summed E-state index contributed by atoms with van der Waals surface area (Å²) in [5, 5.41) is 0. The SMILES string of the molecule is C.CC=C(C)C.CC=C(C)C. The lowest BCUT2D eigenvalue weighted by atomic mass is 10.3. The molecule has 0 aliphatic carbocycles. The predicted molar refractivity (Wildman–Crippen MR) is 56.9 cm³/mol. The van der Waals surface area contributed by atoms with E-state index in [0.29, 0.717) is 0 Å². The molecule has 0 aliphatic heterocycles. The summed E-state index contributed by atoms with van der Waals surface area (Å²) in [6, 6.07) is 0. The standard InChI is InChI=1S/2C5H10.CH4/c2*1-4-5(2)3;/h2*4H,1-3H3;1H4. The molecule has 0 saturated carbocycles. The van der Waals surface area contributed by atoms with Gasteiger partial charge in [-0.05, 0) is 41.5 Å². The van der Waals surface area contributed by atoms with Crippen LogP contribution in [0.5, 0.6) is 0 Å². The lowest BCUT2D eigenvalue weighted by Gasteiger charge is -1.74. The Balaban J connectivity index is -0.000000107. The third-order valence-electron chi connectivity index (χ3n) is 1.15. The van der Waals surface area contributed by atoms with Gasteiger partial charge in [-0.25, -0.2) is 0 Å². The molecule has 0 saturated heterocycles. The van der Waals surface area contributed by atoms with Crippen molar-refractivity contribution in [3.05, 3.63) is 23.3 Å². The molecule has 0 unspecified atom stereocenters. The molecule has 0 radical (unpaired) electrons. The van der Waals surface area contributed by atoms with Gasteiger partial charge < -0.3 is 0 Å². The zero-order valence-electron chi connectivity index (χ0n) is 8.15. The molecular weight excluding hydrogens is 132 g/mol. The molecule has 0 rings (SSSR count). The van der Waals surface area contributed by atoms with Gasteiger partial charge in [0.05, 0.1) is 0 Å². The Bertz CT molecular complexity index is 92.0. The summed E-state index contributed by atoms with van der Waals surface area (Å²) in [7, 11) is 0. The van der Waals surface area contributed by atoms with Crippen molar-refractivity contribution >= 4 is 0 Å². The lowest BCUT2D eigenvalue weighted by Crippen LogP contribution is -1.52. The maximum atomic E-state index is 2.08. The Morgan fingerprint density at radius 2 is 0.818 bits per heavy atom. The molecule has 0 heterocycles. The van der Waals surface area contributed by atoms with Crippen LogP contribution in [0.25, 0.3) is 0 Å². The molecule has 0 aliphatic rings. The fourth-order valence-corrected chi connectivity index (χ4v) is 0. The second-order valence-electron chi connectivity index (χ2n) is 2.73. The molecule has 0 bridgehead atoms. The summed E-state index contributed by atoms with van der Waals surface area (Å²) in [6.07, 6.45) is 4.17. The van der Waals surface area contributed by atoms with E-state index < -0.39 is 0 Å². The van der Waals surface area contributed by atoms with E-state index in [1.165, 1.54) is 11.1 Å². The molecular formula is C11H24. The van der Waals surface area contributed by atoms with Crippen molar-refractivity contribution in [2.75, 3.05) is 0 Å². The highest BCUT2D eigenvalue weighted by atomic mass is 13.7. The van der Waals surface area contributed by atoms with Gasteiger partial charge in [-0.3, -0.25) is 0 Å². The van der Waals surface area contributed by atoms with Crippen molar-refractivity contribution < 1.29 is 0 Å². The first-order valence-corrected chi connectivity index (χ1v) is 3.73. The molecule has 0 aromatic heterocycles. The van der Waals surface area contributed by atoms with Gasteiger partial charge in [0, 0.05) is 0 Å². The van der Waals surface area contributed by atoms with Crippen molar-refractivity contribution in [3.8, 4) is 0 Å². The van der Waals surface area contributed by atoms with Crippen LogP contribution in [0.3, 0.4) is 0 Å². The minimum Gasteiger partial charge on any atom is -0.0890 e. The lowest BCUT2D eigenvalue weighted by molar-refractivity contribution is 1.36. The average Bonchev–Trinajstić information content (AvgIpc) is 1.89. The summed E-state index contributed by atoms with van der Waals surface area (Å²) in [5.41, 5.74) is 2.76. The van der Waals surface area contributed by atoms with Crippen LogP contribution >= 0.6 is 0 Å². The summed E-state index contributed by atoms with van der Waals surface area (Å²) in [6.45, 7) is 12.4. The van der Waals surface area contributed by atoms with Crippen LogP contribution in [0, 0.1) is 0 Å². The quantitative estimate of drug-likeness (QED) is 0.450. The predicted octanol–water partition coefficient (Wildman–Crippen LogP) is 4.58. The molecule has 0 amide bonds. The van der Waals surface area contributed by atoms with Crippen molar-refractivity contribution in [2.45, 2.75) is 49.0 Å². The Labute approximate surface area is 73.0 Å². The molecule has 0 N–H and O–H groups in total. The van der Waals surface area contributed by atoms with Crippen molar-refractivity contribution in [3.63, 3.8) is 0 Å². The van der Waals surface area contributed by atoms with E-state index in [9.17, 15) is 0 Å². The van der Waals surface area contributed by atoms with E-state index in [1.54, 1.807) is 0 Å². The van der Waals surface area contributed by atoms with E-state index in [2.05, 4.69) is 39.8 Å². The van der Waals surface area contributed by atoms with Crippen LogP contribution in [0.2, 0.25) is 0 Å². The van der Waals surface area contributed by atoms with Crippen LogP contribution in [0.4, 0.5) is 0 Å². The van der Waals surface area contributed by atoms with Gasteiger partial charge in [-0.15, -0.1) is 0 Å². The van der Waals surface area contributed by atoms with Crippen LogP contribution < -0.4 is 0 Å². The molecule has 0 heteroatoms. The average molecular weight is 156 g/mol. The smallest absolute Gasteiger partial charge is 0.0442 e. The highest BCUT2D eigenvalue weighted by Gasteiger charge is 1.61. The summed E-state index contributed by atoms with van der Waals surface area (Å²) < 4.78 is 0. The van der Waals surface area contributed by atoms with Crippen LogP contribution in [-0.4, -0.2) is 0 Å². The number of rotatable bonds is 0. The fraction of sp³-hybridized carbons (Fsp3) is 0.636. The van der Waals surface area contributed by atoms with Gasteiger partial charge in [-0.2, -0.15) is 0 Å². The van der Waals surface area contributed by atoms with Gasteiger partial charge in [0.2, 0.25) is 0 Å². The maximum absolute atomic E-state index is 2.08. The Kier molecular flexibility index (Phi) is 18.6. The molecule has 0 aromatic rings. The minimum atomic E-state index is 0. The van der Waals surface area contributed by atoms with Crippen LogP contribution in [-0.2, 0) is 0 Å². The zero-order valence-corrected chi connectivity index (χ0v) is 8.15. The van der Waals surface area contributed by atoms with Crippen molar-refractivity contribution in [1.82, 2.24) is 0 Å². The van der Waals surface area contributed by atoms with E-state index >= 15 is 0 Å². The molecule has 0 fully saturated rings. The van der Waals surface area contributed by atoms with E-state index in [4.69, 9.17) is 0 Å². The summed E-state index contributed by atoms with van der Waals surface area (Å²) in [4.78, 5) is 0. The van der Waals surface area contributed by atoms with Gasteiger partial charge in [-0.1, -0.05) is 30.7 Å². The molecule has 0 spiro atoms. The Morgan fingerprint density at radius 1 is 0.727 bits per heavy atom. The number of allylic oxidation sites excluding steroid dienone is 4. The summed E-state index contributed by atoms with van der Waals surface area (Å²) in [5.74, 6) is 0. The topological polar surface area (TPSA) is 0 Å². The van der Waals surface area contributed by atoms with E-state index in [0.717, 1.165) is 0 Å². The number of hydrogen-bond donors (Lipinski definition) is 0. The van der Waals surface area contributed by atoms with Crippen LogP contribution in [0.1, 0.15) is 49.0 Å². The Morgan fingerprint density at radius 3 is 0.818 bits per heavy atom. The third-order valence-corrected chi connectivity index (χ3v) is 1.15. The van der Waals surface area contributed by atoms with E-state index in [-0.39, 0.29) is 7.43 Å². The van der Waals surface area contributed by atoms with E-state index in [1.807, 2.05) is 13.8 Å². The molecule has 11 heavy (non-hydrogen) atoms. The first-order valence-electron chi connectivity index (χ1n) is 3.73. The highest BCUT2D eigenvalue weighted by Crippen LogP contribution is 1.82. The van der Waals surface area contributed by atoms with Crippen molar-refractivity contribution in [2.24, 2.45) is 0 Å². The molecule has 68 valence electrons. The second kappa shape index (κ2) is 12.2. The van der Waals surface area contributed by atoms with Gasteiger partial charge in [0.15, 0.2) is 0 Å². The molecule has 0 aromatic carbocycles. The van der Waals surface area contributed by atoms with Crippen LogP contribution in [0.15, 0.2) is 23.3 Å². The molecule has 0 nitrogen and oxygen atoms in total. The summed E-state index contributed by atoms with van der Waals surface area (Å²) >= 11 is 0. The second-order valence-corrected chi connectivity index (χ2v) is 2.73. The third kappa shape index (κ3) is 43.8. The van der Waals surface area contributed by atoms with Gasteiger partial charge in [0.25, 0.3) is 0 Å². The Hall–Kier alpha value is -0.520. The van der Waals surface area contributed by atoms with Gasteiger partial charge in [0.1, 0.15) is 0 Å². The van der Waals surface area contributed by atoms with Crippen molar-refractivity contribution in [1.29, 1.82) is 0 Å². The molecule has 0 atom stereocenters. The van der Waals surface area contributed by atoms with Gasteiger partial charge >= 0.3 is 0 Å². The minimum absolute atomic E-state index is 0. The largest absolute Gasteiger partial charge is 0.0890 e. The fourth-order valence-electron chi connectivity index (χ4n) is 0.